The third-order valence-corrected chi connectivity index (χ3v) is 1.70. The van der Waals surface area contributed by atoms with E-state index in [1.807, 2.05) is 19.1 Å². The maximum Gasteiger partial charge on any atom is 0.115 e. The number of phenolic OH excluding ortho intramolecular Hbond substituents is 1. The van der Waals surface area contributed by atoms with Crippen LogP contribution in [0.2, 0.25) is 0 Å². The SMILES string of the molecule is CCCOCCC.Cc1cccc(O)c1. The van der Waals surface area contributed by atoms with Gasteiger partial charge in [0.05, 0.1) is 0 Å². The van der Waals surface area contributed by atoms with Crippen molar-refractivity contribution in [2.45, 2.75) is 33.6 Å². The molecule has 2 heteroatoms. The summed E-state index contributed by atoms with van der Waals surface area (Å²) in [5.41, 5.74) is 1.09. The second-order valence-corrected chi connectivity index (χ2v) is 3.45. The van der Waals surface area contributed by atoms with E-state index in [-0.39, 0.29) is 0 Å². The van der Waals surface area contributed by atoms with Crippen LogP contribution in [0.15, 0.2) is 24.3 Å². The summed E-state index contributed by atoms with van der Waals surface area (Å²) >= 11 is 0. The zero-order valence-corrected chi connectivity index (χ0v) is 9.99. The van der Waals surface area contributed by atoms with Gasteiger partial charge in [0.2, 0.25) is 0 Å². The standard InChI is InChI=1S/C7H8O.C6H14O/c1-6-3-2-4-7(8)5-6;1-3-5-7-6-4-2/h2-5,8H,1H3;3-6H2,1-2H3. The Kier molecular flexibility index (Phi) is 8.88. The van der Waals surface area contributed by atoms with Crippen LogP contribution < -0.4 is 0 Å². The van der Waals surface area contributed by atoms with Gasteiger partial charge in [-0.2, -0.15) is 0 Å². The molecule has 0 fully saturated rings. The fraction of sp³-hybridized carbons (Fsp3) is 0.538. The molecule has 0 atom stereocenters. The highest BCUT2D eigenvalue weighted by Gasteiger charge is 1.83. The monoisotopic (exact) mass is 210 g/mol. The second-order valence-electron chi connectivity index (χ2n) is 3.45. The summed E-state index contributed by atoms with van der Waals surface area (Å²) in [4.78, 5) is 0. The van der Waals surface area contributed by atoms with Crippen LogP contribution in [-0.4, -0.2) is 18.3 Å². The summed E-state index contributed by atoms with van der Waals surface area (Å²) in [6, 6.07) is 7.15. The van der Waals surface area contributed by atoms with Gasteiger partial charge >= 0.3 is 0 Å². The summed E-state index contributed by atoms with van der Waals surface area (Å²) in [7, 11) is 0. The Morgan fingerprint density at radius 2 is 1.73 bits per heavy atom. The van der Waals surface area contributed by atoms with E-state index < -0.39 is 0 Å². The lowest BCUT2D eigenvalue weighted by atomic mass is 10.2. The zero-order valence-electron chi connectivity index (χ0n) is 9.99. The summed E-state index contributed by atoms with van der Waals surface area (Å²) in [5, 5.41) is 8.81. The number of benzene rings is 1. The summed E-state index contributed by atoms with van der Waals surface area (Å²) in [6.07, 6.45) is 2.28. The normalized spacial score (nSPS) is 9.27. The Bertz CT molecular complexity index is 225. The van der Waals surface area contributed by atoms with Gasteiger partial charge < -0.3 is 9.84 Å². The Labute approximate surface area is 92.9 Å². The highest BCUT2D eigenvalue weighted by molar-refractivity contribution is 5.25. The van der Waals surface area contributed by atoms with Gasteiger partial charge in [0.15, 0.2) is 0 Å². The van der Waals surface area contributed by atoms with Crippen LogP contribution in [0.4, 0.5) is 0 Å². The quantitative estimate of drug-likeness (QED) is 0.770. The minimum Gasteiger partial charge on any atom is -0.508 e. The molecule has 1 N–H and O–H groups in total. The summed E-state index contributed by atoms with van der Waals surface area (Å²) < 4.78 is 5.13. The van der Waals surface area contributed by atoms with Crippen molar-refractivity contribution in [1.29, 1.82) is 0 Å². The molecule has 1 aromatic carbocycles. The Balaban J connectivity index is 0.000000265. The molecule has 15 heavy (non-hydrogen) atoms. The summed E-state index contributed by atoms with van der Waals surface area (Å²) in [5.74, 6) is 0.338. The lowest BCUT2D eigenvalue weighted by Gasteiger charge is -1.95. The predicted octanol–water partition coefficient (Wildman–Crippen LogP) is 3.52. The van der Waals surface area contributed by atoms with Crippen LogP contribution in [0.1, 0.15) is 32.3 Å². The van der Waals surface area contributed by atoms with Gasteiger partial charge in [-0.05, 0) is 37.5 Å². The molecule has 0 saturated carbocycles. The number of ether oxygens (including phenoxy) is 1. The smallest absolute Gasteiger partial charge is 0.115 e. The van der Waals surface area contributed by atoms with Crippen LogP contribution in [0, 0.1) is 6.92 Å². The van der Waals surface area contributed by atoms with Crippen molar-refractivity contribution < 1.29 is 9.84 Å². The van der Waals surface area contributed by atoms with Gasteiger partial charge in [-0.1, -0.05) is 26.0 Å². The van der Waals surface area contributed by atoms with E-state index in [4.69, 9.17) is 9.84 Å². The molecule has 0 aliphatic heterocycles. The molecule has 2 nitrogen and oxygen atoms in total. The van der Waals surface area contributed by atoms with Crippen molar-refractivity contribution in [2.75, 3.05) is 13.2 Å². The second kappa shape index (κ2) is 9.53. The van der Waals surface area contributed by atoms with Gasteiger partial charge in [0.1, 0.15) is 5.75 Å². The number of phenols is 1. The van der Waals surface area contributed by atoms with Crippen LogP contribution in [-0.2, 0) is 4.74 Å². The van der Waals surface area contributed by atoms with Gasteiger partial charge in [-0.3, -0.25) is 0 Å². The molecule has 0 aliphatic rings. The minimum absolute atomic E-state index is 0.338. The highest BCUT2D eigenvalue weighted by Crippen LogP contribution is 2.08. The fourth-order valence-electron chi connectivity index (χ4n) is 1.02. The molecule has 1 aromatic rings. The van der Waals surface area contributed by atoms with Crippen molar-refractivity contribution >= 4 is 0 Å². The molecule has 0 aliphatic carbocycles. The molecule has 0 bridgehead atoms. The van der Waals surface area contributed by atoms with E-state index in [1.54, 1.807) is 12.1 Å². The van der Waals surface area contributed by atoms with E-state index in [9.17, 15) is 0 Å². The molecule has 0 spiro atoms. The molecule has 0 unspecified atom stereocenters. The van der Waals surface area contributed by atoms with Crippen molar-refractivity contribution in [3.05, 3.63) is 29.8 Å². The Morgan fingerprint density at radius 1 is 1.13 bits per heavy atom. The first kappa shape index (κ1) is 14.0. The van der Waals surface area contributed by atoms with E-state index in [1.165, 1.54) is 0 Å². The topological polar surface area (TPSA) is 29.5 Å². The zero-order chi connectivity index (χ0) is 11.5. The third-order valence-electron chi connectivity index (χ3n) is 1.70. The number of hydrogen-bond donors (Lipinski definition) is 1. The van der Waals surface area contributed by atoms with Crippen LogP contribution in [0.5, 0.6) is 5.75 Å². The summed E-state index contributed by atoms with van der Waals surface area (Å²) in [6.45, 7) is 8.03. The van der Waals surface area contributed by atoms with Crippen LogP contribution in [0.3, 0.4) is 0 Å². The third kappa shape index (κ3) is 9.29. The minimum atomic E-state index is 0.338. The average Bonchev–Trinajstić information content (AvgIpc) is 2.19. The first-order valence-electron chi connectivity index (χ1n) is 5.54. The lowest BCUT2D eigenvalue weighted by molar-refractivity contribution is 0.135. The molecule has 86 valence electrons. The Hall–Kier alpha value is -1.02. The van der Waals surface area contributed by atoms with Gasteiger partial charge in [-0.15, -0.1) is 0 Å². The van der Waals surface area contributed by atoms with Gasteiger partial charge in [0.25, 0.3) is 0 Å². The van der Waals surface area contributed by atoms with Crippen molar-refractivity contribution in [1.82, 2.24) is 0 Å². The Morgan fingerprint density at radius 3 is 2.07 bits per heavy atom. The van der Waals surface area contributed by atoms with Gasteiger partial charge in [0, 0.05) is 13.2 Å². The number of aryl methyl sites for hydroxylation is 1. The first-order valence-corrected chi connectivity index (χ1v) is 5.54. The molecule has 0 radical (unpaired) electrons. The maximum absolute atomic E-state index is 8.81. The highest BCUT2D eigenvalue weighted by atomic mass is 16.5. The molecule has 0 heterocycles. The largest absolute Gasteiger partial charge is 0.508 e. The number of aromatic hydroxyl groups is 1. The average molecular weight is 210 g/mol. The molecule has 1 rings (SSSR count). The predicted molar refractivity (Wildman–Crippen MR) is 64.2 cm³/mol. The number of hydrogen-bond acceptors (Lipinski definition) is 2. The molecular formula is C13H22O2. The van der Waals surface area contributed by atoms with Crippen LogP contribution >= 0.6 is 0 Å². The van der Waals surface area contributed by atoms with Crippen molar-refractivity contribution in [3.8, 4) is 5.75 Å². The fourth-order valence-corrected chi connectivity index (χ4v) is 1.02. The van der Waals surface area contributed by atoms with E-state index >= 15 is 0 Å². The van der Waals surface area contributed by atoms with Crippen molar-refractivity contribution in [2.24, 2.45) is 0 Å². The van der Waals surface area contributed by atoms with Gasteiger partial charge in [-0.25, -0.2) is 0 Å². The lowest BCUT2D eigenvalue weighted by Crippen LogP contribution is -1.92. The van der Waals surface area contributed by atoms with E-state index in [2.05, 4.69) is 13.8 Å². The molecule has 0 aromatic heterocycles. The van der Waals surface area contributed by atoms with Crippen LogP contribution in [0.25, 0.3) is 0 Å². The van der Waals surface area contributed by atoms with E-state index in [0.29, 0.717) is 5.75 Å². The number of rotatable bonds is 4. The molecular weight excluding hydrogens is 188 g/mol. The maximum atomic E-state index is 8.81. The van der Waals surface area contributed by atoms with Crippen molar-refractivity contribution in [3.63, 3.8) is 0 Å². The van der Waals surface area contributed by atoms with E-state index in [0.717, 1.165) is 31.6 Å². The first-order chi connectivity index (χ1) is 7.20. The molecule has 0 amide bonds. The molecule has 0 saturated heterocycles.